The Bertz CT molecular complexity index is 1090. The Hall–Kier alpha value is -2.76. The molecule has 5 nitrogen and oxygen atoms in total. The molecule has 0 aliphatic carbocycles. The van der Waals surface area contributed by atoms with E-state index in [1.807, 2.05) is 42.6 Å². The number of imide groups is 1. The van der Waals surface area contributed by atoms with Crippen molar-refractivity contribution in [3.8, 4) is 0 Å². The lowest BCUT2D eigenvalue weighted by atomic mass is 10.1. The van der Waals surface area contributed by atoms with E-state index in [9.17, 15) is 9.59 Å². The van der Waals surface area contributed by atoms with Crippen LogP contribution in [-0.4, -0.2) is 16.5 Å². The van der Waals surface area contributed by atoms with Crippen molar-refractivity contribution in [2.45, 2.75) is 6.54 Å². The molecule has 1 saturated heterocycles. The smallest absolute Gasteiger partial charge is 0.326 e. The molecule has 0 unspecified atom stereocenters. The molecule has 0 saturated carbocycles. The van der Waals surface area contributed by atoms with Crippen molar-refractivity contribution in [1.82, 2.24) is 15.2 Å². The van der Waals surface area contributed by atoms with Crippen LogP contribution in [0.5, 0.6) is 0 Å². The average Bonchev–Trinajstić information content (AvgIpc) is 3.11. The lowest BCUT2D eigenvalue weighted by Gasteiger charge is -2.06. The summed E-state index contributed by atoms with van der Waals surface area (Å²) in [5.74, 6) is -0.434. The van der Waals surface area contributed by atoms with Gasteiger partial charge in [0, 0.05) is 29.2 Å². The van der Waals surface area contributed by atoms with Crippen molar-refractivity contribution in [3.63, 3.8) is 0 Å². The molecule has 0 radical (unpaired) electrons. The fourth-order valence-corrected chi connectivity index (χ4v) is 3.31. The Labute approximate surface area is 159 Å². The fraction of sp³-hybridized carbons (Fsp3) is 0.0526. The van der Waals surface area contributed by atoms with Crippen LogP contribution in [0.4, 0.5) is 4.79 Å². The second-order valence-electron chi connectivity index (χ2n) is 5.94. The second-order valence-corrected chi connectivity index (χ2v) is 6.76. The van der Waals surface area contributed by atoms with Gasteiger partial charge in [0.05, 0.1) is 10.0 Å². The highest BCUT2D eigenvalue weighted by Crippen LogP contribution is 2.27. The predicted molar refractivity (Wildman–Crippen MR) is 102 cm³/mol. The van der Waals surface area contributed by atoms with E-state index in [0.29, 0.717) is 16.6 Å². The summed E-state index contributed by atoms with van der Waals surface area (Å²) in [5, 5.41) is 6.71. The van der Waals surface area contributed by atoms with Crippen molar-refractivity contribution in [1.29, 1.82) is 0 Å². The van der Waals surface area contributed by atoms with Crippen LogP contribution in [0.25, 0.3) is 17.0 Å². The quantitative estimate of drug-likeness (QED) is 0.524. The molecule has 0 spiro atoms. The first kappa shape index (κ1) is 16.7. The number of rotatable bonds is 3. The summed E-state index contributed by atoms with van der Waals surface area (Å²) in [6.07, 6.45) is 3.62. The van der Waals surface area contributed by atoms with Gasteiger partial charge in [-0.25, -0.2) is 4.79 Å². The molecule has 0 bridgehead atoms. The van der Waals surface area contributed by atoms with Gasteiger partial charge in [0.1, 0.15) is 5.70 Å². The van der Waals surface area contributed by atoms with Crippen LogP contribution in [0.15, 0.2) is 54.4 Å². The summed E-state index contributed by atoms with van der Waals surface area (Å²) in [4.78, 5) is 23.1. The first-order chi connectivity index (χ1) is 12.5. The minimum Gasteiger partial charge on any atom is -0.342 e. The third-order valence-electron chi connectivity index (χ3n) is 4.18. The van der Waals surface area contributed by atoms with E-state index < -0.39 is 11.9 Å². The van der Waals surface area contributed by atoms with Crippen LogP contribution in [0.2, 0.25) is 10.0 Å². The molecule has 0 atom stereocenters. The number of nitrogens with one attached hydrogen (secondary N) is 2. The number of fused-ring (bicyclic) bond motifs is 1. The van der Waals surface area contributed by atoms with Gasteiger partial charge >= 0.3 is 6.03 Å². The number of hydrogen-bond acceptors (Lipinski definition) is 2. The number of nitrogens with zero attached hydrogens (tertiary/aromatic N) is 1. The van der Waals surface area contributed by atoms with Crippen molar-refractivity contribution in [3.05, 3.63) is 75.5 Å². The van der Waals surface area contributed by atoms with Gasteiger partial charge in [-0.1, -0.05) is 47.5 Å². The SMILES string of the molecule is O=C1NC(=O)C(=Cc2cn(Cc3ccc(Cl)c(Cl)c3)c3ccccc23)N1. The third kappa shape index (κ3) is 3.07. The van der Waals surface area contributed by atoms with E-state index in [1.54, 1.807) is 12.1 Å². The molecular weight excluding hydrogens is 373 g/mol. The van der Waals surface area contributed by atoms with Crippen LogP contribution in [0.3, 0.4) is 0 Å². The van der Waals surface area contributed by atoms with Gasteiger partial charge in [-0.05, 0) is 29.8 Å². The molecule has 4 rings (SSSR count). The molecule has 1 aliphatic rings. The Morgan fingerprint density at radius 1 is 1.00 bits per heavy atom. The van der Waals surface area contributed by atoms with Gasteiger partial charge < -0.3 is 9.88 Å². The first-order valence-electron chi connectivity index (χ1n) is 7.87. The monoisotopic (exact) mass is 385 g/mol. The van der Waals surface area contributed by atoms with Crippen LogP contribution in [0.1, 0.15) is 11.1 Å². The normalized spacial score (nSPS) is 15.5. The highest BCUT2D eigenvalue weighted by atomic mass is 35.5. The second kappa shape index (κ2) is 6.52. The first-order valence-corrected chi connectivity index (χ1v) is 8.63. The van der Waals surface area contributed by atoms with E-state index in [4.69, 9.17) is 23.2 Å². The molecule has 7 heteroatoms. The lowest BCUT2D eigenvalue weighted by Crippen LogP contribution is -2.22. The van der Waals surface area contributed by atoms with Crippen molar-refractivity contribution >= 4 is 52.1 Å². The summed E-state index contributed by atoms with van der Waals surface area (Å²) in [7, 11) is 0. The minimum atomic E-state index is -0.513. The lowest BCUT2D eigenvalue weighted by molar-refractivity contribution is -0.115. The van der Waals surface area contributed by atoms with Gasteiger partial charge in [0.15, 0.2) is 0 Å². The zero-order chi connectivity index (χ0) is 18.3. The van der Waals surface area contributed by atoms with E-state index in [0.717, 1.165) is 22.0 Å². The molecule has 1 aliphatic heterocycles. The standard InChI is InChI=1S/C19H13Cl2N3O2/c20-14-6-5-11(7-15(14)21)9-24-10-12(13-3-1-2-4-17(13)24)8-16-18(25)23-19(26)22-16/h1-8,10H,9H2,(H2,22,23,25,26). The predicted octanol–water partition coefficient (Wildman–Crippen LogP) is 4.18. The molecule has 26 heavy (non-hydrogen) atoms. The number of carbonyl (C=O) groups is 2. The van der Waals surface area contributed by atoms with E-state index in [-0.39, 0.29) is 5.70 Å². The maximum Gasteiger partial charge on any atom is 0.326 e. The van der Waals surface area contributed by atoms with Crippen LogP contribution < -0.4 is 10.6 Å². The number of urea groups is 1. The molecule has 3 amide bonds. The largest absolute Gasteiger partial charge is 0.342 e. The van der Waals surface area contributed by atoms with Gasteiger partial charge in [-0.3, -0.25) is 10.1 Å². The average molecular weight is 386 g/mol. The van der Waals surface area contributed by atoms with E-state index in [2.05, 4.69) is 15.2 Å². The van der Waals surface area contributed by atoms with Crippen molar-refractivity contribution in [2.75, 3.05) is 0 Å². The topological polar surface area (TPSA) is 63.1 Å². The number of benzene rings is 2. The highest BCUT2D eigenvalue weighted by Gasteiger charge is 2.23. The molecular formula is C19H13Cl2N3O2. The van der Waals surface area contributed by atoms with E-state index in [1.165, 1.54) is 0 Å². The summed E-state index contributed by atoms with van der Waals surface area (Å²) in [6, 6.07) is 12.9. The number of amides is 3. The molecule has 130 valence electrons. The maximum atomic E-state index is 11.8. The van der Waals surface area contributed by atoms with E-state index >= 15 is 0 Å². The Kier molecular flexibility index (Phi) is 4.18. The van der Waals surface area contributed by atoms with Gasteiger partial charge in [0.2, 0.25) is 0 Å². The number of aromatic nitrogens is 1. The Balaban J connectivity index is 1.77. The minimum absolute atomic E-state index is 0.229. The fourth-order valence-electron chi connectivity index (χ4n) is 2.99. The summed E-state index contributed by atoms with van der Waals surface area (Å²) in [6.45, 7) is 0.596. The molecule has 2 N–H and O–H groups in total. The maximum absolute atomic E-state index is 11.8. The van der Waals surface area contributed by atoms with Gasteiger partial charge in [-0.15, -0.1) is 0 Å². The van der Waals surface area contributed by atoms with Crippen LogP contribution in [0, 0.1) is 0 Å². The molecule has 2 aromatic carbocycles. The number of halogens is 2. The molecule has 2 heterocycles. The van der Waals surface area contributed by atoms with Gasteiger partial charge in [-0.2, -0.15) is 0 Å². The zero-order valence-corrected chi connectivity index (χ0v) is 14.9. The van der Waals surface area contributed by atoms with Crippen molar-refractivity contribution < 1.29 is 9.59 Å². The number of carbonyl (C=O) groups excluding carboxylic acids is 2. The molecule has 1 fully saturated rings. The third-order valence-corrected chi connectivity index (χ3v) is 4.92. The summed E-state index contributed by atoms with van der Waals surface area (Å²) < 4.78 is 2.07. The van der Waals surface area contributed by atoms with Crippen LogP contribution >= 0.6 is 23.2 Å². The van der Waals surface area contributed by atoms with Gasteiger partial charge in [0.25, 0.3) is 5.91 Å². The summed E-state index contributed by atoms with van der Waals surface area (Å²) in [5.41, 5.74) is 3.09. The number of hydrogen-bond donors (Lipinski definition) is 2. The Morgan fingerprint density at radius 3 is 2.54 bits per heavy atom. The Morgan fingerprint density at radius 2 is 1.81 bits per heavy atom. The van der Waals surface area contributed by atoms with Crippen molar-refractivity contribution in [2.24, 2.45) is 0 Å². The number of para-hydroxylation sites is 1. The van der Waals surface area contributed by atoms with Crippen LogP contribution in [-0.2, 0) is 11.3 Å². The molecule has 3 aromatic rings. The summed E-state index contributed by atoms with van der Waals surface area (Å²) >= 11 is 12.1. The zero-order valence-electron chi connectivity index (χ0n) is 13.4. The highest BCUT2D eigenvalue weighted by molar-refractivity contribution is 6.42. The molecule has 1 aromatic heterocycles.